The Morgan fingerprint density at radius 2 is 1.95 bits per heavy atom. The molecule has 2 N–H and O–H groups in total. The van der Waals surface area contributed by atoms with E-state index in [0.29, 0.717) is 36.4 Å². The largest absolute Gasteiger partial charge is 0.374 e. The van der Waals surface area contributed by atoms with Gasteiger partial charge in [-0.15, -0.1) is 0 Å². The number of anilines is 3. The first kappa shape index (κ1) is 14.2. The number of halogens is 1. The Labute approximate surface area is 117 Å². The van der Waals surface area contributed by atoms with Gasteiger partial charge in [-0.05, 0) is 19.1 Å². The summed E-state index contributed by atoms with van der Waals surface area (Å²) in [6.07, 6.45) is 0. The van der Waals surface area contributed by atoms with E-state index < -0.39 is 0 Å². The standard InChI is InChI=1S/C14H17FN4O/c1-3-20-9-14-18-12(16-2)8-13(19-14)17-11-7-5-4-6-10(11)15/h4-8H,3,9H2,1-2H3,(H2,16,17,18,19). The molecule has 20 heavy (non-hydrogen) atoms. The Kier molecular flexibility index (Phi) is 4.84. The van der Waals surface area contributed by atoms with Gasteiger partial charge in [0.25, 0.3) is 0 Å². The fourth-order valence-corrected chi connectivity index (χ4v) is 1.65. The van der Waals surface area contributed by atoms with E-state index in [0.717, 1.165) is 0 Å². The van der Waals surface area contributed by atoms with Crippen LogP contribution >= 0.6 is 0 Å². The van der Waals surface area contributed by atoms with Crippen molar-refractivity contribution < 1.29 is 9.13 Å². The molecule has 0 aliphatic carbocycles. The quantitative estimate of drug-likeness (QED) is 0.849. The summed E-state index contributed by atoms with van der Waals surface area (Å²) in [5, 5.41) is 5.89. The maximum absolute atomic E-state index is 13.6. The number of rotatable bonds is 6. The van der Waals surface area contributed by atoms with Crippen LogP contribution in [0.2, 0.25) is 0 Å². The van der Waals surface area contributed by atoms with E-state index >= 15 is 0 Å². The molecule has 1 heterocycles. The van der Waals surface area contributed by atoms with Crippen LogP contribution in [0.1, 0.15) is 12.7 Å². The van der Waals surface area contributed by atoms with E-state index in [9.17, 15) is 4.39 Å². The van der Waals surface area contributed by atoms with E-state index in [1.54, 1.807) is 31.3 Å². The number of nitrogens with zero attached hydrogens (tertiary/aromatic N) is 2. The van der Waals surface area contributed by atoms with Gasteiger partial charge in [0.15, 0.2) is 5.82 Å². The molecule has 2 aromatic rings. The fraction of sp³-hybridized carbons (Fsp3) is 0.286. The molecule has 0 unspecified atom stereocenters. The lowest BCUT2D eigenvalue weighted by atomic mass is 10.3. The summed E-state index contributed by atoms with van der Waals surface area (Å²) in [6.45, 7) is 2.81. The second kappa shape index (κ2) is 6.81. The molecule has 6 heteroatoms. The van der Waals surface area contributed by atoms with Gasteiger partial charge in [-0.2, -0.15) is 0 Å². The molecule has 0 bridgehead atoms. The Bertz CT molecular complexity index is 577. The van der Waals surface area contributed by atoms with Crippen LogP contribution in [0.25, 0.3) is 0 Å². The lowest BCUT2D eigenvalue weighted by Crippen LogP contribution is -2.06. The molecule has 0 fully saturated rings. The van der Waals surface area contributed by atoms with Crippen molar-refractivity contribution in [3.8, 4) is 0 Å². The molecule has 0 saturated heterocycles. The van der Waals surface area contributed by atoms with Crippen molar-refractivity contribution in [1.82, 2.24) is 9.97 Å². The number of aromatic nitrogens is 2. The lowest BCUT2D eigenvalue weighted by molar-refractivity contribution is 0.128. The van der Waals surface area contributed by atoms with Crippen LogP contribution in [0.4, 0.5) is 21.7 Å². The van der Waals surface area contributed by atoms with Crippen LogP contribution in [0.3, 0.4) is 0 Å². The molecule has 0 spiro atoms. The van der Waals surface area contributed by atoms with Crippen LogP contribution in [0.5, 0.6) is 0 Å². The second-order valence-corrected chi connectivity index (χ2v) is 4.05. The number of hydrogen-bond acceptors (Lipinski definition) is 5. The predicted octanol–water partition coefficient (Wildman–Crippen LogP) is 2.94. The number of benzene rings is 1. The molecule has 0 aliphatic rings. The molecule has 0 saturated carbocycles. The fourth-order valence-electron chi connectivity index (χ4n) is 1.65. The topological polar surface area (TPSA) is 59.1 Å². The molecule has 106 valence electrons. The van der Waals surface area contributed by atoms with Crippen LogP contribution in [0.15, 0.2) is 30.3 Å². The summed E-state index contributed by atoms with van der Waals surface area (Å²) in [6, 6.07) is 8.15. The van der Waals surface area contributed by atoms with Gasteiger partial charge in [0.05, 0.1) is 5.69 Å². The number of hydrogen-bond donors (Lipinski definition) is 2. The minimum Gasteiger partial charge on any atom is -0.374 e. The van der Waals surface area contributed by atoms with Crippen molar-refractivity contribution in [1.29, 1.82) is 0 Å². The van der Waals surface area contributed by atoms with Crippen molar-refractivity contribution in [2.45, 2.75) is 13.5 Å². The Hall–Kier alpha value is -2.21. The van der Waals surface area contributed by atoms with Gasteiger partial charge in [0, 0.05) is 19.7 Å². The average Bonchev–Trinajstić information content (AvgIpc) is 2.47. The van der Waals surface area contributed by atoms with Gasteiger partial charge >= 0.3 is 0 Å². The normalized spacial score (nSPS) is 10.3. The summed E-state index contributed by atoms with van der Waals surface area (Å²) >= 11 is 0. The Morgan fingerprint density at radius 3 is 2.65 bits per heavy atom. The van der Waals surface area contributed by atoms with Crippen LogP contribution < -0.4 is 10.6 Å². The van der Waals surface area contributed by atoms with E-state index in [4.69, 9.17) is 4.74 Å². The molecule has 0 aliphatic heterocycles. The summed E-state index contributed by atoms with van der Waals surface area (Å²) in [7, 11) is 1.76. The third kappa shape index (κ3) is 3.64. The van der Waals surface area contributed by atoms with Crippen molar-refractivity contribution in [3.05, 3.63) is 42.0 Å². The first-order valence-electron chi connectivity index (χ1n) is 6.38. The van der Waals surface area contributed by atoms with Crippen LogP contribution in [0, 0.1) is 5.82 Å². The van der Waals surface area contributed by atoms with Crippen molar-refractivity contribution in [3.63, 3.8) is 0 Å². The molecule has 5 nitrogen and oxygen atoms in total. The molecular formula is C14H17FN4O. The summed E-state index contributed by atoms with van der Waals surface area (Å²) in [4.78, 5) is 8.57. The Balaban J connectivity index is 2.24. The number of para-hydroxylation sites is 1. The van der Waals surface area contributed by atoms with E-state index in [2.05, 4.69) is 20.6 Å². The van der Waals surface area contributed by atoms with Crippen LogP contribution in [-0.2, 0) is 11.3 Å². The highest BCUT2D eigenvalue weighted by Crippen LogP contribution is 2.20. The first-order chi connectivity index (χ1) is 9.72. The second-order valence-electron chi connectivity index (χ2n) is 4.05. The van der Waals surface area contributed by atoms with Crippen LogP contribution in [-0.4, -0.2) is 23.6 Å². The summed E-state index contributed by atoms with van der Waals surface area (Å²) in [5.74, 6) is 1.37. The van der Waals surface area contributed by atoms with E-state index in [1.165, 1.54) is 6.07 Å². The molecule has 0 radical (unpaired) electrons. The summed E-state index contributed by atoms with van der Waals surface area (Å²) < 4.78 is 18.9. The SMILES string of the molecule is CCOCc1nc(NC)cc(Nc2ccccc2F)n1. The highest BCUT2D eigenvalue weighted by atomic mass is 19.1. The van der Waals surface area contributed by atoms with E-state index in [1.807, 2.05) is 6.92 Å². The zero-order valence-corrected chi connectivity index (χ0v) is 11.5. The third-order valence-corrected chi connectivity index (χ3v) is 2.60. The molecular weight excluding hydrogens is 259 g/mol. The van der Waals surface area contributed by atoms with Gasteiger partial charge in [-0.25, -0.2) is 14.4 Å². The number of nitrogens with one attached hydrogen (secondary N) is 2. The zero-order valence-electron chi connectivity index (χ0n) is 11.5. The van der Waals surface area contributed by atoms with Gasteiger partial charge in [-0.1, -0.05) is 12.1 Å². The third-order valence-electron chi connectivity index (χ3n) is 2.60. The average molecular weight is 276 g/mol. The zero-order chi connectivity index (χ0) is 14.4. The van der Waals surface area contributed by atoms with Gasteiger partial charge in [0.1, 0.15) is 24.1 Å². The molecule has 2 rings (SSSR count). The lowest BCUT2D eigenvalue weighted by Gasteiger charge is -2.10. The minimum absolute atomic E-state index is 0.317. The van der Waals surface area contributed by atoms with Crippen molar-refractivity contribution in [2.75, 3.05) is 24.3 Å². The van der Waals surface area contributed by atoms with Gasteiger partial charge in [0.2, 0.25) is 0 Å². The summed E-state index contributed by atoms with van der Waals surface area (Å²) in [5.41, 5.74) is 0.371. The highest BCUT2D eigenvalue weighted by Gasteiger charge is 2.06. The number of ether oxygens (including phenoxy) is 1. The van der Waals surface area contributed by atoms with E-state index in [-0.39, 0.29) is 5.82 Å². The minimum atomic E-state index is -0.330. The Morgan fingerprint density at radius 1 is 1.20 bits per heavy atom. The monoisotopic (exact) mass is 276 g/mol. The maximum Gasteiger partial charge on any atom is 0.158 e. The highest BCUT2D eigenvalue weighted by molar-refractivity contribution is 5.59. The van der Waals surface area contributed by atoms with Gasteiger partial charge < -0.3 is 15.4 Å². The molecule has 1 aromatic carbocycles. The maximum atomic E-state index is 13.6. The molecule has 0 amide bonds. The first-order valence-corrected chi connectivity index (χ1v) is 6.38. The predicted molar refractivity (Wildman–Crippen MR) is 76.6 cm³/mol. The molecule has 1 aromatic heterocycles. The van der Waals surface area contributed by atoms with Crippen molar-refractivity contribution in [2.24, 2.45) is 0 Å². The van der Waals surface area contributed by atoms with Gasteiger partial charge in [-0.3, -0.25) is 0 Å². The van der Waals surface area contributed by atoms with Crippen molar-refractivity contribution >= 4 is 17.3 Å². The smallest absolute Gasteiger partial charge is 0.158 e. The molecule has 0 atom stereocenters.